The molecule has 0 fully saturated rings. The van der Waals surface area contributed by atoms with E-state index in [-0.39, 0.29) is 67.4 Å². The molecule has 1 aromatic carbocycles. The summed E-state index contributed by atoms with van der Waals surface area (Å²) >= 11 is 0. The lowest BCUT2D eigenvalue weighted by atomic mass is 9.86. The fourth-order valence-corrected chi connectivity index (χ4v) is 10.1. The second-order valence-corrected chi connectivity index (χ2v) is 22.6. The van der Waals surface area contributed by atoms with E-state index in [9.17, 15) is 42.3 Å². The van der Waals surface area contributed by atoms with E-state index in [4.69, 9.17) is 14.5 Å². The van der Waals surface area contributed by atoms with Crippen molar-refractivity contribution in [1.82, 2.24) is 45.7 Å². The summed E-state index contributed by atoms with van der Waals surface area (Å²) in [5, 5.41) is 22.7. The number of amides is 4. The van der Waals surface area contributed by atoms with Gasteiger partial charge in [0.15, 0.2) is 5.60 Å². The van der Waals surface area contributed by atoms with Crippen LogP contribution in [0.2, 0.25) is 0 Å². The predicted octanol–water partition coefficient (Wildman–Crippen LogP) is 4.78. The molecule has 4 aromatic rings. The summed E-state index contributed by atoms with van der Waals surface area (Å²) in [6.45, 7) is 13.5. The number of sulfone groups is 1. The van der Waals surface area contributed by atoms with E-state index >= 15 is 4.39 Å². The fraction of sp³-hybridized carbons (Fsp3) is 0.561. The van der Waals surface area contributed by atoms with Crippen LogP contribution in [0.25, 0.3) is 22.3 Å². The monoisotopic (exact) mass is 1110 g/mol. The molecular weight excluding hydrogens is 1040 g/mol. The molecular formula is C57H76FN9O11S. The molecule has 3 atom stereocenters. The highest BCUT2D eigenvalue weighted by atomic mass is 32.2. The first kappa shape index (κ1) is 61.5. The minimum absolute atomic E-state index is 0.0113. The first-order valence-corrected chi connectivity index (χ1v) is 29.3. The van der Waals surface area contributed by atoms with Crippen molar-refractivity contribution >= 4 is 50.3 Å². The lowest BCUT2D eigenvalue weighted by Gasteiger charge is -2.31. The van der Waals surface area contributed by atoms with Crippen LogP contribution < -0.4 is 26.8 Å². The average Bonchev–Trinajstić information content (AvgIpc) is 3.89. The van der Waals surface area contributed by atoms with Crippen molar-refractivity contribution in [3.63, 3.8) is 0 Å². The topological polar surface area (TPSA) is 270 Å². The lowest BCUT2D eigenvalue weighted by Crippen LogP contribution is -2.56. The quantitative estimate of drug-likeness (QED) is 0.0142. The Hall–Kier alpha value is -6.67. The number of fused-ring (bicyclic) bond motifs is 5. The van der Waals surface area contributed by atoms with Crippen LogP contribution in [0.1, 0.15) is 145 Å². The van der Waals surface area contributed by atoms with Gasteiger partial charge >= 0.3 is 5.97 Å². The smallest absolute Gasteiger partial charge is 0.343 e. The molecule has 5 heterocycles. The number of ether oxygens (including phenoxy) is 2. The summed E-state index contributed by atoms with van der Waals surface area (Å²) in [5.41, 5.74) is 1.61. The molecule has 2 aliphatic heterocycles. The number of esters is 1. The third kappa shape index (κ3) is 16.0. The zero-order valence-electron chi connectivity index (χ0n) is 46.5. The van der Waals surface area contributed by atoms with Gasteiger partial charge in [0.25, 0.3) is 5.56 Å². The van der Waals surface area contributed by atoms with Crippen molar-refractivity contribution in [3.8, 4) is 23.2 Å². The van der Waals surface area contributed by atoms with Crippen molar-refractivity contribution < 1.29 is 51.4 Å². The maximum atomic E-state index is 15.0. The Labute approximate surface area is 461 Å². The number of benzene rings is 1. The van der Waals surface area contributed by atoms with Crippen molar-refractivity contribution in [1.29, 1.82) is 0 Å². The van der Waals surface area contributed by atoms with Crippen molar-refractivity contribution in [2.75, 3.05) is 45.8 Å². The van der Waals surface area contributed by atoms with Crippen molar-refractivity contribution in [2.45, 2.75) is 161 Å². The van der Waals surface area contributed by atoms with Gasteiger partial charge in [-0.25, -0.2) is 32.6 Å². The lowest BCUT2D eigenvalue weighted by molar-refractivity contribution is -0.172. The molecule has 0 spiro atoms. The number of aromatic nitrogens is 4. The molecule has 0 saturated carbocycles. The molecule has 79 heavy (non-hydrogen) atoms. The number of hydrogen-bond acceptors (Lipinski definition) is 15. The Kier molecular flexibility index (Phi) is 22.2. The summed E-state index contributed by atoms with van der Waals surface area (Å²) in [5.74, 6) is 2.17. The molecule has 4 amide bonds. The standard InChI is InChI=1S/C57H76FN9O11S/c1-8-11-23-66(24-12-9-2)25-17-16-21-45(64-53(71)50(36(4)5)65-48(68)22-15-13-14-19-38-30-60-56(61-31-38)79(7,75)76)52(70)59-32-49(69)62-35-77-26-18-20-39-40-27-37(6)44(58)29-46(40)63-51-41(39)33-67-47(51)28-43-42(54(67)72)34-78-55(73)57(43,74)10-3/h27-31,36,45,50,74H,8-13,15-18,20-26,32-35H2,1-7H3,(H,59,70)(H,62,69)(H,64,71)(H,65,68)/t45?,50?,57-/m0/s1. The summed E-state index contributed by atoms with van der Waals surface area (Å²) in [7, 11) is -3.54. The molecule has 2 aliphatic rings. The minimum atomic E-state index is -3.54. The SMILES string of the molecule is CCCCN(CCCC)CCCCC(NC(=O)C(NC(=O)CCCC#Cc1cnc(S(C)(=O)=O)nc1)C(C)C)C(=O)NCC(=O)NCOCCCc1c2c(nc3cc(F)c(C)cc13)-c1cc3c(c(=O)n1C2)COC(=O)[C@]3(O)CC. The van der Waals surface area contributed by atoms with E-state index in [1.54, 1.807) is 39.8 Å². The second-order valence-electron chi connectivity index (χ2n) is 20.7. The molecule has 5 N–H and O–H groups in total. The van der Waals surface area contributed by atoms with Crippen LogP contribution in [0.4, 0.5) is 4.39 Å². The van der Waals surface area contributed by atoms with Gasteiger partial charge in [0.1, 0.15) is 31.2 Å². The fourth-order valence-electron chi connectivity index (χ4n) is 9.65. The van der Waals surface area contributed by atoms with E-state index < -0.39 is 69.1 Å². The number of aryl methyl sites for hydroxylation is 2. The van der Waals surface area contributed by atoms with Crippen LogP contribution in [0.15, 0.2) is 40.5 Å². The predicted molar refractivity (Wildman–Crippen MR) is 294 cm³/mol. The van der Waals surface area contributed by atoms with Crippen molar-refractivity contribution in [2.24, 2.45) is 5.92 Å². The third-order valence-electron chi connectivity index (χ3n) is 14.3. The van der Waals surface area contributed by atoms with Gasteiger partial charge in [-0.15, -0.1) is 0 Å². The Morgan fingerprint density at radius 2 is 1.63 bits per heavy atom. The van der Waals surface area contributed by atoms with Crippen LogP contribution in [0, 0.1) is 30.5 Å². The molecule has 22 heteroatoms. The summed E-state index contributed by atoms with van der Waals surface area (Å²) in [6.07, 6.45) is 11.3. The number of carbonyl (C=O) groups excluding carboxylic acids is 5. The number of cyclic esters (lactones) is 1. The van der Waals surface area contributed by atoms with Crippen LogP contribution >= 0.6 is 0 Å². The molecule has 0 bridgehead atoms. The van der Waals surface area contributed by atoms with Crippen LogP contribution in [0.3, 0.4) is 0 Å². The summed E-state index contributed by atoms with van der Waals surface area (Å²) < 4.78 is 50.8. The Morgan fingerprint density at radius 3 is 2.30 bits per heavy atom. The first-order chi connectivity index (χ1) is 37.7. The van der Waals surface area contributed by atoms with Gasteiger partial charge in [-0.1, -0.05) is 59.3 Å². The number of hydrogen-bond donors (Lipinski definition) is 5. The number of unbranched alkanes of at least 4 members (excludes halogenated alkanes) is 4. The Bertz CT molecular complexity index is 3100. The molecule has 20 nitrogen and oxygen atoms in total. The zero-order chi connectivity index (χ0) is 57.4. The van der Waals surface area contributed by atoms with Gasteiger partial charge in [0.05, 0.1) is 41.1 Å². The maximum absolute atomic E-state index is 15.0. The summed E-state index contributed by atoms with van der Waals surface area (Å²) in [6, 6.07) is 2.74. The van der Waals surface area contributed by atoms with Gasteiger partial charge in [0.2, 0.25) is 38.6 Å². The van der Waals surface area contributed by atoms with Gasteiger partial charge in [-0.2, -0.15) is 0 Å². The number of pyridine rings is 2. The first-order valence-electron chi connectivity index (χ1n) is 27.4. The molecule has 6 rings (SSSR count). The van der Waals surface area contributed by atoms with E-state index in [0.29, 0.717) is 71.9 Å². The van der Waals surface area contributed by atoms with E-state index in [2.05, 4.69) is 61.8 Å². The molecule has 428 valence electrons. The highest BCUT2D eigenvalue weighted by molar-refractivity contribution is 7.90. The maximum Gasteiger partial charge on any atom is 0.343 e. The Morgan fingerprint density at radius 1 is 0.924 bits per heavy atom. The number of nitrogens with zero attached hydrogens (tertiary/aromatic N) is 5. The molecule has 3 aromatic heterocycles. The molecule has 0 saturated heterocycles. The minimum Gasteiger partial charge on any atom is -0.458 e. The van der Waals surface area contributed by atoms with Gasteiger partial charge in [-0.3, -0.25) is 24.0 Å². The average molecular weight is 1110 g/mol. The number of rotatable bonds is 29. The third-order valence-corrected chi connectivity index (χ3v) is 15.1. The zero-order valence-corrected chi connectivity index (χ0v) is 47.3. The number of halogens is 1. The van der Waals surface area contributed by atoms with Crippen LogP contribution in [-0.4, -0.2) is 125 Å². The number of nitrogens with one attached hydrogen (secondary N) is 4. The molecule has 2 unspecified atom stereocenters. The normalized spacial score (nSPS) is 15.4. The van der Waals surface area contributed by atoms with Crippen LogP contribution in [0.5, 0.6) is 0 Å². The highest BCUT2D eigenvalue weighted by Crippen LogP contribution is 2.41. The van der Waals surface area contributed by atoms with E-state index in [0.717, 1.165) is 69.1 Å². The largest absolute Gasteiger partial charge is 0.458 e. The van der Waals surface area contributed by atoms with E-state index in [1.807, 2.05) is 0 Å². The molecule has 0 radical (unpaired) electrons. The van der Waals surface area contributed by atoms with Gasteiger partial charge < -0.3 is 45.3 Å². The summed E-state index contributed by atoms with van der Waals surface area (Å²) in [4.78, 5) is 95.3. The Balaban J connectivity index is 1.03. The number of carbonyl (C=O) groups is 5. The highest BCUT2D eigenvalue weighted by Gasteiger charge is 2.45. The number of aliphatic hydroxyl groups is 1. The van der Waals surface area contributed by atoms with Gasteiger partial charge in [-0.05, 0) is 114 Å². The second kappa shape index (κ2) is 28.5. The van der Waals surface area contributed by atoms with Gasteiger partial charge in [0, 0.05) is 60.7 Å². The van der Waals surface area contributed by atoms with Crippen molar-refractivity contribution in [3.05, 3.63) is 80.1 Å². The van der Waals surface area contributed by atoms with E-state index in [1.165, 1.54) is 23.0 Å². The van der Waals surface area contributed by atoms with Crippen LogP contribution in [-0.2, 0) is 68.5 Å². The molecule has 0 aliphatic carbocycles.